The maximum atomic E-state index is 11.1. The summed E-state index contributed by atoms with van der Waals surface area (Å²) in [6.07, 6.45) is 4.34. The molecule has 0 aromatic carbocycles. The number of rotatable bonds is 2. The van der Waals surface area contributed by atoms with Crippen LogP contribution in [0.25, 0.3) is 6.08 Å². The number of aliphatic hydroxyl groups is 1. The van der Waals surface area contributed by atoms with E-state index in [4.69, 9.17) is 4.42 Å². The van der Waals surface area contributed by atoms with Gasteiger partial charge in [-0.05, 0) is 12.2 Å². The molecule has 1 aromatic rings. The summed E-state index contributed by atoms with van der Waals surface area (Å²) in [6.45, 7) is 0. The van der Waals surface area contributed by atoms with Crippen molar-refractivity contribution in [3.05, 3.63) is 57.9 Å². The first-order valence-corrected chi connectivity index (χ1v) is 5.19. The van der Waals surface area contributed by atoms with Crippen LogP contribution in [0.2, 0.25) is 0 Å². The van der Waals surface area contributed by atoms with E-state index in [0.717, 1.165) is 18.2 Å². The van der Waals surface area contributed by atoms with Crippen LogP contribution in [0.3, 0.4) is 0 Å². The summed E-state index contributed by atoms with van der Waals surface area (Å²) in [5.41, 5.74) is -0.626. The van der Waals surface area contributed by atoms with Gasteiger partial charge in [0.05, 0.1) is 6.07 Å². The molecule has 1 aromatic heterocycles. The summed E-state index contributed by atoms with van der Waals surface area (Å²) < 4.78 is 4.75. The van der Waals surface area contributed by atoms with E-state index in [1.807, 2.05) is 0 Å². The van der Waals surface area contributed by atoms with Crippen LogP contribution in [0.15, 0.2) is 50.9 Å². The Balaban J connectivity index is 2.31. The quantitative estimate of drug-likeness (QED) is 0.604. The molecule has 0 aliphatic heterocycles. The molecule has 96 valence electrons. The molecule has 0 amide bonds. The molecule has 0 saturated heterocycles. The molecule has 0 bridgehead atoms. The second-order valence-corrected chi connectivity index (χ2v) is 3.73. The van der Waals surface area contributed by atoms with Gasteiger partial charge in [0.2, 0.25) is 11.6 Å². The molecule has 0 unspecified atom stereocenters. The Morgan fingerprint density at radius 1 is 0.947 bits per heavy atom. The molecule has 6 heteroatoms. The Kier molecular flexibility index (Phi) is 3.15. The van der Waals surface area contributed by atoms with Gasteiger partial charge in [-0.15, -0.1) is 0 Å². The Morgan fingerprint density at radius 3 is 2.32 bits per heavy atom. The van der Waals surface area contributed by atoms with Crippen LogP contribution in [-0.4, -0.2) is 21.8 Å². The predicted octanol–water partition coefficient (Wildman–Crippen LogP) is 0.879. The fraction of sp³-hybridized carbons (Fsp3) is 0. The van der Waals surface area contributed by atoms with Crippen molar-refractivity contribution in [2.75, 3.05) is 0 Å². The van der Waals surface area contributed by atoms with E-state index in [0.29, 0.717) is 0 Å². The Hall–Kier alpha value is -2.89. The van der Waals surface area contributed by atoms with E-state index in [1.54, 1.807) is 0 Å². The molecule has 1 aliphatic rings. The highest BCUT2D eigenvalue weighted by Crippen LogP contribution is 2.16. The summed E-state index contributed by atoms with van der Waals surface area (Å²) in [6, 6.07) is 2.09. The maximum absolute atomic E-state index is 11.1. The van der Waals surface area contributed by atoms with Crippen molar-refractivity contribution in [2.45, 2.75) is 0 Å². The molecule has 1 heterocycles. The number of allylic oxidation sites excluding steroid dienone is 3. The fourth-order valence-corrected chi connectivity index (χ4v) is 1.44. The minimum Gasteiger partial charge on any atom is -0.508 e. The van der Waals surface area contributed by atoms with Gasteiger partial charge in [0.1, 0.15) is 17.3 Å². The molecule has 0 atom stereocenters. The molecule has 19 heavy (non-hydrogen) atoms. The Bertz CT molecular complexity index is 702. The topological polar surface area (TPSA) is 105 Å². The van der Waals surface area contributed by atoms with Gasteiger partial charge in [0.25, 0.3) is 0 Å². The number of ketones is 2. The lowest BCUT2D eigenvalue weighted by atomic mass is 10.0. The third-order valence-electron chi connectivity index (χ3n) is 2.29. The van der Waals surface area contributed by atoms with Gasteiger partial charge in [-0.2, -0.15) is 0 Å². The van der Waals surface area contributed by atoms with E-state index in [-0.39, 0.29) is 22.8 Å². The lowest BCUT2D eigenvalue weighted by Crippen LogP contribution is -2.14. The van der Waals surface area contributed by atoms with Gasteiger partial charge in [-0.3, -0.25) is 9.59 Å². The first-order chi connectivity index (χ1) is 8.95. The summed E-state index contributed by atoms with van der Waals surface area (Å²) in [4.78, 5) is 33.1. The highest BCUT2D eigenvalue weighted by Gasteiger charge is 2.17. The summed E-state index contributed by atoms with van der Waals surface area (Å²) in [7, 11) is 0. The first-order valence-electron chi connectivity index (χ1n) is 5.19. The van der Waals surface area contributed by atoms with Crippen LogP contribution in [-0.2, 0) is 9.59 Å². The van der Waals surface area contributed by atoms with Crippen molar-refractivity contribution < 1.29 is 24.2 Å². The number of carbonyl (C=O) groups excluding carboxylic acids is 2. The number of aromatic hydroxyl groups is 1. The molecule has 1 aliphatic carbocycles. The van der Waals surface area contributed by atoms with E-state index in [1.165, 1.54) is 18.2 Å². The molecule has 0 saturated carbocycles. The number of hydrogen-bond donors (Lipinski definition) is 2. The molecule has 2 rings (SSSR count). The van der Waals surface area contributed by atoms with Crippen LogP contribution >= 0.6 is 0 Å². The Morgan fingerprint density at radius 2 is 1.63 bits per heavy atom. The number of carbonyl (C=O) groups is 2. The number of aliphatic hydroxyl groups excluding tert-OH is 1. The average Bonchev–Trinajstić information content (AvgIpc) is 2.31. The van der Waals surface area contributed by atoms with Gasteiger partial charge in [-0.25, -0.2) is 4.79 Å². The molecule has 0 fully saturated rings. The van der Waals surface area contributed by atoms with E-state index in [9.17, 15) is 24.6 Å². The molecular weight excluding hydrogens is 252 g/mol. The van der Waals surface area contributed by atoms with Gasteiger partial charge >= 0.3 is 5.63 Å². The number of hydrogen-bond acceptors (Lipinski definition) is 6. The Labute approximate surface area is 106 Å². The second kappa shape index (κ2) is 4.77. The third kappa shape index (κ3) is 2.86. The van der Waals surface area contributed by atoms with E-state index < -0.39 is 17.2 Å². The lowest BCUT2D eigenvalue weighted by molar-refractivity contribution is -0.131. The zero-order valence-electron chi connectivity index (χ0n) is 9.49. The van der Waals surface area contributed by atoms with Gasteiger partial charge < -0.3 is 14.6 Å². The zero-order chi connectivity index (χ0) is 14.0. The predicted molar refractivity (Wildman–Crippen MR) is 64.5 cm³/mol. The lowest BCUT2D eigenvalue weighted by Gasteiger charge is -2.05. The van der Waals surface area contributed by atoms with Gasteiger partial charge in [-0.1, -0.05) is 0 Å². The summed E-state index contributed by atoms with van der Waals surface area (Å²) >= 11 is 0. The first kappa shape index (κ1) is 12.6. The van der Waals surface area contributed by atoms with Crippen molar-refractivity contribution in [1.82, 2.24) is 0 Å². The molecule has 0 spiro atoms. The molecule has 2 N–H and O–H groups in total. The smallest absolute Gasteiger partial charge is 0.339 e. The van der Waals surface area contributed by atoms with Crippen molar-refractivity contribution >= 4 is 17.6 Å². The van der Waals surface area contributed by atoms with Crippen LogP contribution in [0.5, 0.6) is 5.75 Å². The highest BCUT2D eigenvalue weighted by molar-refractivity contribution is 6.46. The van der Waals surface area contributed by atoms with Crippen molar-refractivity contribution in [3.8, 4) is 5.75 Å². The van der Waals surface area contributed by atoms with Gasteiger partial charge in [0.15, 0.2) is 0 Å². The average molecular weight is 260 g/mol. The maximum Gasteiger partial charge on any atom is 0.339 e. The summed E-state index contributed by atoms with van der Waals surface area (Å²) in [5, 5.41) is 18.7. The molecular formula is C13H8O6. The normalized spacial score (nSPS) is 15.6. The highest BCUT2D eigenvalue weighted by atomic mass is 16.4. The van der Waals surface area contributed by atoms with Crippen molar-refractivity contribution in [1.29, 1.82) is 0 Å². The SMILES string of the molecule is O=C1C=C(O)C(C=Cc2cc(O)cc(=O)o2)=CC1=O. The standard InChI is InChI=1S/C13H8O6/c14-8-4-9(19-13(18)5-8)2-1-7-3-11(16)12(17)6-10(7)15/h1-6,14-15H. The van der Waals surface area contributed by atoms with Crippen LogP contribution < -0.4 is 5.63 Å². The zero-order valence-corrected chi connectivity index (χ0v) is 9.49. The van der Waals surface area contributed by atoms with Crippen molar-refractivity contribution in [2.24, 2.45) is 0 Å². The fourth-order valence-electron chi connectivity index (χ4n) is 1.44. The second-order valence-electron chi connectivity index (χ2n) is 3.73. The largest absolute Gasteiger partial charge is 0.508 e. The van der Waals surface area contributed by atoms with E-state index >= 15 is 0 Å². The van der Waals surface area contributed by atoms with Crippen LogP contribution in [0.4, 0.5) is 0 Å². The molecule has 0 radical (unpaired) electrons. The van der Waals surface area contributed by atoms with Gasteiger partial charge in [0, 0.05) is 23.8 Å². The monoisotopic (exact) mass is 260 g/mol. The molecule has 6 nitrogen and oxygen atoms in total. The summed E-state index contributed by atoms with van der Waals surface area (Å²) in [5.74, 6) is -2.14. The third-order valence-corrected chi connectivity index (χ3v) is 2.29. The van der Waals surface area contributed by atoms with E-state index in [2.05, 4.69) is 0 Å². The van der Waals surface area contributed by atoms with Crippen LogP contribution in [0, 0.1) is 0 Å². The minimum atomic E-state index is -0.807. The minimum absolute atomic E-state index is 0.0445. The van der Waals surface area contributed by atoms with Crippen LogP contribution in [0.1, 0.15) is 5.76 Å². The van der Waals surface area contributed by atoms with Crippen molar-refractivity contribution in [3.63, 3.8) is 0 Å².